The smallest absolute Gasteiger partial charge is 0.254 e. The van der Waals surface area contributed by atoms with Crippen molar-refractivity contribution in [2.24, 2.45) is 0 Å². The second-order valence-electron chi connectivity index (χ2n) is 3.83. The molecule has 7 heteroatoms. The highest BCUT2D eigenvalue weighted by atomic mass is 79.9. The highest BCUT2D eigenvalue weighted by molar-refractivity contribution is 9.11. The average molecular weight is 400 g/mol. The third-order valence-electron chi connectivity index (χ3n) is 2.67. The largest absolute Gasteiger partial charge is 0.506 e. The molecule has 1 aliphatic heterocycles. The van der Waals surface area contributed by atoms with Gasteiger partial charge in [0, 0.05) is 31.7 Å². The molecule has 0 bridgehead atoms. The van der Waals surface area contributed by atoms with Gasteiger partial charge in [-0.2, -0.15) is 0 Å². The molecule has 1 aliphatic rings. The zero-order chi connectivity index (χ0) is 12.4. The van der Waals surface area contributed by atoms with Gasteiger partial charge in [0.15, 0.2) is 0 Å². The van der Waals surface area contributed by atoms with Gasteiger partial charge in [-0.05, 0) is 44.0 Å². The summed E-state index contributed by atoms with van der Waals surface area (Å²) in [5.74, 6) is 0.106. The Balaban J connectivity index is 0.00000162. The first-order valence-corrected chi connectivity index (χ1v) is 6.86. The molecule has 4 nitrogen and oxygen atoms in total. The number of benzene rings is 1. The van der Waals surface area contributed by atoms with Gasteiger partial charge in [-0.25, -0.2) is 0 Å². The van der Waals surface area contributed by atoms with Crippen LogP contribution in [0, 0.1) is 0 Å². The monoisotopic (exact) mass is 398 g/mol. The first-order chi connectivity index (χ1) is 8.09. The average Bonchev–Trinajstić information content (AvgIpc) is 2.35. The highest BCUT2D eigenvalue weighted by Crippen LogP contribution is 2.33. The summed E-state index contributed by atoms with van der Waals surface area (Å²) in [5, 5.41) is 12.8. The number of piperazine rings is 1. The minimum Gasteiger partial charge on any atom is -0.506 e. The topological polar surface area (TPSA) is 52.6 Å². The number of hydrogen-bond acceptors (Lipinski definition) is 3. The van der Waals surface area contributed by atoms with Crippen LogP contribution in [0.15, 0.2) is 21.1 Å². The van der Waals surface area contributed by atoms with Crippen LogP contribution in [0.5, 0.6) is 5.75 Å². The summed E-state index contributed by atoms with van der Waals surface area (Å²) >= 11 is 6.45. The van der Waals surface area contributed by atoms with Crippen LogP contribution < -0.4 is 5.32 Å². The van der Waals surface area contributed by atoms with E-state index in [1.807, 2.05) is 4.90 Å². The number of nitrogens with zero attached hydrogens (tertiary/aromatic N) is 1. The van der Waals surface area contributed by atoms with E-state index < -0.39 is 0 Å². The number of carbonyl (C=O) groups excluding carboxylic acids is 1. The molecule has 0 radical (unpaired) electrons. The molecule has 1 fully saturated rings. The molecular weight excluding hydrogens is 387 g/mol. The fourth-order valence-corrected chi connectivity index (χ4v) is 2.93. The van der Waals surface area contributed by atoms with Crippen LogP contribution in [0.3, 0.4) is 0 Å². The predicted molar refractivity (Wildman–Crippen MR) is 79.5 cm³/mol. The highest BCUT2D eigenvalue weighted by Gasteiger charge is 2.19. The number of nitrogens with one attached hydrogen (secondary N) is 1. The Hall–Kier alpha value is -0.300. The first-order valence-electron chi connectivity index (χ1n) is 5.27. The van der Waals surface area contributed by atoms with Crippen LogP contribution in [0.2, 0.25) is 0 Å². The maximum Gasteiger partial charge on any atom is 0.254 e. The lowest BCUT2D eigenvalue weighted by Crippen LogP contribution is -2.46. The van der Waals surface area contributed by atoms with Crippen molar-refractivity contribution in [2.45, 2.75) is 0 Å². The van der Waals surface area contributed by atoms with E-state index >= 15 is 0 Å². The Morgan fingerprint density at radius 3 is 2.22 bits per heavy atom. The van der Waals surface area contributed by atoms with Gasteiger partial charge >= 0.3 is 0 Å². The Labute approximate surface area is 128 Å². The van der Waals surface area contributed by atoms with Crippen LogP contribution in [-0.2, 0) is 0 Å². The number of phenols is 1. The van der Waals surface area contributed by atoms with Crippen molar-refractivity contribution in [3.05, 3.63) is 26.6 Å². The van der Waals surface area contributed by atoms with Gasteiger partial charge in [-0.1, -0.05) is 0 Å². The van der Waals surface area contributed by atoms with Gasteiger partial charge in [0.05, 0.1) is 8.95 Å². The van der Waals surface area contributed by atoms with Crippen LogP contribution in [0.25, 0.3) is 0 Å². The molecule has 1 aromatic carbocycles. The SMILES string of the molecule is Cl.O=C(c1cc(Br)c(O)c(Br)c1)N1CCNCC1. The lowest BCUT2D eigenvalue weighted by Gasteiger charge is -2.27. The second kappa shape index (κ2) is 6.75. The van der Waals surface area contributed by atoms with E-state index in [2.05, 4.69) is 37.2 Å². The fourth-order valence-electron chi connectivity index (χ4n) is 1.74. The second-order valence-corrected chi connectivity index (χ2v) is 5.54. The van der Waals surface area contributed by atoms with E-state index in [-0.39, 0.29) is 24.1 Å². The summed E-state index contributed by atoms with van der Waals surface area (Å²) in [6.45, 7) is 3.09. The van der Waals surface area contributed by atoms with Gasteiger partial charge < -0.3 is 15.3 Å². The van der Waals surface area contributed by atoms with E-state index in [1.165, 1.54) is 0 Å². The molecule has 0 unspecified atom stereocenters. The molecule has 1 heterocycles. The Morgan fingerprint density at radius 1 is 1.22 bits per heavy atom. The summed E-state index contributed by atoms with van der Waals surface area (Å²) in [5.41, 5.74) is 0.573. The third kappa shape index (κ3) is 3.38. The summed E-state index contributed by atoms with van der Waals surface area (Å²) in [6, 6.07) is 3.29. The molecule has 18 heavy (non-hydrogen) atoms. The van der Waals surface area contributed by atoms with Gasteiger partial charge in [-0.3, -0.25) is 4.79 Å². The zero-order valence-corrected chi connectivity index (χ0v) is 13.4. The summed E-state index contributed by atoms with van der Waals surface area (Å²) in [4.78, 5) is 14.0. The number of amides is 1. The quantitative estimate of drug-likeness (QED) is 0.761. The lowest BCUT2D eigenvalue weighted by molar-refractivity contribution is 0.0735. The van der Waals surface area contributed by atoms with E-state index in [9.17, 15) is 9.90 Å². The number of aromatic hydroxyl groups is 1. The number of phenolic OH excluding ortho intramolecular Hbond substituents is 1. The maximum atomic E-state index is 12.2. The number of carbonyl (C=O) groups is 1. The van der Waals surface area contributed by atoms with Crippen molar-refractivity contribution >= 4 is 50.2 Å². The molecule has 0 spiro atoms. The molecule has 0 saturated carbocycles. The van der Waals surface area contributed by atoms with Gasteiger partial charge in [0.2, 0.25) is 0 Å². The van der Waals surface area contributed by atoms with Crippen LogP contribution in [0.4, 0.5) is 0 Å². The van der Waals surface area contributed by atoms with E-state index in [4.69, 9.17) is 0 Å². The molecule has 2 N–H and O–H groups in total. The van der Waals surface area contributed by atoms with Crippen molar-refractivity contribution < 1.29 is 9.90 Å². The Bertz CT molecular complexity index is 428. The summed E-state index contributed by atoms with van der Waals surface area (Å²) < 4.78 is 1.04. The molecule has 2 rings (SSSR count). The summed E-state index contributed by atoms with van der Waals surface area (Å²) in [6.07, 6.45) is 0. The molecule has 1 amide bonds. The van der Waals surface area contributed by atoms with Gasteiger partial charge in [0.1, 0.15) is 5.75 Å². The van der Waals surface area contributed by atoms with E-state index in [0.717, 1.165) is 26.2 Å². The Kier molecular flexibility index (Phi) is 5.91. The van der Waals surface area contributed by atoms with Crippen molar-refractivity contribution in [1.82, 2.24) is 10.2 Å². The predicted octanol–water partition coefficient (Wildman–Crippen LogP) is 2.38. The fraction of sp³-hybridized carbons (Fsp3) is 0.364. The van der Waals surface area contributed by atoms with Crippen LogP contribution in [-0.4, -0.2) is 42.1 Å². The van der Waals surface area contributed by atoms with E-state index in [1.54, 1.807) is 12.1 Å². The molecular formula is C11H13Br2ClN2O2. The molecule has 100 valence electrons. The number of hydrogen-bond donors (Lipinski definition) is 2. The van der Waals surface area contributed by atoms with Gasteiger partial charge in [0.25, 0.3) is 5.91 Å². The molecule has 1 saturated heterocycles. The van der Waals surface area contributed by atoms with Gasteiger partial charge in [-0.15, -0.1) is 12.4 Å². The molecule has 1 aromatic rings. The molecule has 0 atom stereocenters. The summed E-state index contributed by atoms with van der Waals surface area (Å²) in [7, 11) is 0. The zero-order valence-electron chi connectivity index (χ0n) is 9.45. The van der Waals surface area contributed by atoms with Crippen molar-refractivity contribution in [3.63, 3.8) is 0 Å². The lowest BCUT2D eigenvalue weighted by atomic mass is 10.2. The van der Waals surface area contributed by atoms with Crippen LogP contribution in [0.1, 0.15) is 10.4 Å². The van der Waals surface area contributed by atoms with E-state index in [0.29, 0.717) is 14.5 Å². The maximum absolute atomic E-state index is 12.2. The molecule has 0 aliphatic carbocycles. The van der Waals surface area contributed by atoms with Crippen molar-refractivity contribution in [2.75, 3.05) is 26.2 Å². The number of halogens is 3. The Morgan fingerprint density at radius 2 is 1.72 bits per heavy atom. The minimum absolute atomic E-state index is 0. The standard InChI is InChI=1S/C11H12Br2N2O2.ClH/c12-8-5-7(6-9(13)10(8)16)11(17)15-3-1-14-2-4-15;/h5-6,14,16H,1-4H2;1H. The number of rotatable bonds is 1. The third-order valence-corrected chi connectivity index (χ3v) is 3.88. The first kappa shape index (κ1) is 15.8. The minimum atomic E-state index is -0.00657. The van der Waals surface area contributed by atoms with Crippen molar-refractivity contribution in [1.29, 1.82) is 0 Å². The normalized spacial score (nSPS) is 15.1. The van der Waals surface area contributed by atoms with Crippen LogP contribution >= 0.6 is 44.3 Å². The molecule has 0 aromatic heterocycles. The van der Waals surface area contributed by atoms with Crippen molar-refractivity contribution in [3.8, 4) is 5.75 Å².